The highest BCUT2D eigenvalue weighted by Crippen LogP contribution is 2.27. The van der Waals surface area contributed by atoms with Gasteiger partial charge in [-0.25, -0.2) is 15.2 Å². The maximum atomic E-state index is 13.6. The number of nitrogens with one attached hydrogen (secondary N) is 2. The lowest BCUT2D eigenvalue weighted by Gasteiger charge is -2.07. The highest BCUT2D eigenvalue weighted by molar-refractivity contribution is 5.95. The van der Waals surface area contributed by atoms with Crippen LogP contribution in [0, 0.1) is 11.7 Å². The van der Waals surface area contributed by atoms with E-state index in [1.807, 2.05) is 0 Å². The third kappa shape index (κ3) is 2.27. The van der Waals surface area contributed by atoms with E-state index >= 15 is 0 Å². The summed E-state index contributed by atoms with van der Waals surface area (Å²) in [6.45, 7) is 0.603. The van der Waals surface area contributed by atoms with Crippen molar-refractivity contribution in [3.63, 3.8) is 0 Å². The molecule has 1 aromatic heterocycles. The number of anilines is 1. The molecule has 0 saturated heterocycles. The smallest absolute Gasteiger partial charge is 0.254 e. The highest BCUT2D eigenvalue weighted by atomic mass is 19.1. The van der Waals surface area contributed by atoms with E-state index in [0.717, 1.165) is 12.8 Å². The number of aromatic nitrogens is 1. The first-order valence-electron chi connectivity index (χ1n) is 5.11. The van der Waals surface area contributed by atoms with Crippen molar-refractivity contribution in [2.75, 3.05) is 12.0 Å². The van der Waals surface area contributed by atoms with Crippen molar-refractivity contribution in [3.05, 3.63) is 23.6 Å². The average molecular weight is 224 g/mol. The summed E-state index contributed by atoms with van der Waals surface area (Å²) in [6, 6.07) is 1.33. The molecule has 4 N–H and O–H groups in total. The number of hydrazine groups is 1. The van der Waals surface area contributed by atoms with E-state index in [0.29, 0.717) is 12.5 Å². The number of pyridine rings is 1. The van der Waals surface area contributed by atoms with Crippen molar-refractivity contribution in [3.8, 4) is 0 Å². The fourth-order valence-corrected chi connectivity index (χ4v) is 1.37. The Balaban J connectivity index is 2.08. The number of nitrogens with zero attached hydrogens (tertiary/aromatic N) is 1. The number of carbonyl (C=O) groups excluding carboxylic acids is 1. The van der Waals surface area contributed by atoms with Gasteiger partial charge < -0.3 is 10.7 Å². The third-order valence-corrected chi connectivity index (χ3v) is 2.52. The summed E-state index contributed by atoms with van der Waals surface area (Å²) in [5.41, 5.74) is 2.06. The zero-order valence-corrected chi connectivity index (χ0v) is 8.66. The van der Waals surface area contributed by atoms with Gasteiger partial charge in [0.1, 0.15) is 0 Å². The van der Waals surface area contributed by atoms with E-state index in [1.54, 1.807) is 0 Å². The number of carbonyl (C=O) groups is 1. The lowest BCUT2D eigenvalue weighted by Crippen LogP contribution is -2.27. The standard InChI is InChI=1S/C10H13FN4O/c11-8-7(3-4-13-9(8)15-12)10(16)14-5-6-1-2-6/h3-4,6H,1-2,5,12H2,(H,13,15)(H,14,16). The highest BCUT2D eigenvalue weighted by Gasteiger charge is 2.23. The van der Waals surface area contributed by atoms with E-state index in [9.17, 15) is 9.18 Å². The second-order valence-corrected chi connectivity index (χ2v) is 3.82. The number of amides is 1. The summed E-state index contributed by atoms with van der Waals surface area (Å²) in [4.78, 5) is 15.3. The fraction of sp³-hybridized carbons (Fsp3) is 0.400. The Bertz CT molecular complexity index is 406. The van der Waals surface area contributed by atoms with Crippen LogP contribution in [0.1, 0.15) is 23.2 Å². The Morgan fingerprint density at radius 2 is 2.38 bits per heavy atom. The van der Waals surface area contributed by atoms with Gasteiger partial charge in [-0.3, -0.25) is 4.79 Å². The number of hydrogen-bond donors (Lipinski definition) is 3. The summed E-state index contributed by atoms with van der Waals surface area (Å²) in [5.74, 6) is 4.35. The molecule has 1 saturated carbocycles. The van der Waals surface area contributed by atoms with E-state index in [4.69, 9.17) is 5.84 Å². The topological polar surface area (TPSA) is 80.0 Å². The van der Waals surface area contributed by atoms with E-state index in [-0.39, 0.29) is 11.4 Å². The molecule has 2 rings (SSSR count). The van der Waals surface area contributed by atoms with Crippen LogP contribution in [0.25, 0.3) is 0 Å². The molecule has 5 nitrogen and oxygen atoms in total. The second kappa shape index (κ2) is 4.44. The summed E-state index contributed by atoms with van der Waals surface area (Å²) in [6.07, 6.45) is 3.60. The van der Waals surface area contributed by atoms with Crippen LogP contribution in [0.4, 0.5) is 10.2 Å². The quantitative estimate of drug-likeness (QED) is 0.518. The Morgan fingerprint density at radius 3 is 3.00 bits per heavy atom. The van der Waals surface area contributed by atoms with Crippen LogP contribution in [0.3, 0.4) is 0 Å². The molecule has 0 aliphatic heterocycles. The van der Waals surface area contributed by atoms with Crippen LogP contribution in [0.15, 0.2) is 12.3 Å². The lowest BCUT2D eigenvalue weighted by atomic mass is 10.2. The zero-order valence-electron chi connectivity index (χ0n) is 8.66. The minimum Gasteiger partial charge on any atom is -0.352 e. The molecule has 0 aromatic carbocycles. The maximum absolute atomic E-state index is 13.6. The number of halogens is 1. The van der Waals surface area contributed by atoms with Crippen LogP contribution in [-0.4, -0.2) is 17.4 Å². The van der Waals surface area contributed by atoms with Gasteiger partial charge in [0.25, 0.3) is 5.91 Å². The summed E-state index contributed by atoms with van der Waals surface area (Å²) >= 11 is 0. The maximum Gasteiger partial charge on any atom is 0.254 e. The lowest BCUT2D eigenvalue weighted by molar-refractivity contribution is 0.0947. The average Bonchev–Trinajstić information content (AvgIpc) is 3.10. The predicted molar refractivity (Wildman–Crippen MR) is 57.1 cm³/mol. The van der Waals surface area contributed by atoms with Crippen LogP contribution in [0.2, 0.25) is 0 Å². The molecular formula is C10H13FN4O. The van der Waals surface area contributed by atoms with Gasteiger partial charge in [-0.15, -0.1) is 0 Å². The first-order chi connectivity index (χ1) is 7.72. The SMILES string of the molecule is NNc1nccc(C(=O)NCC2CC2)c1F. The summed E-state index contributed by atoms with van der Waals surface area (Å²) in [7, 11) is 0. The molecule has 1 aliphatic carbocycles. The van der Waals surface area contributed by atoms with Crippen LogP contribution >= 0.6 is 0 Å². The Kier molecular flexibility index (Phi) is 3.00. The van der Waals surface area contributed by atoms with Gasteiger partial charge in [-0.05, 0) is 24.8 Å². The molecule has 1 aliphatic rings. The van der Waals surface area contributed by atoms with Crippen molar-refractivity contribution in [2.24, 2.45) is 11.8 Å². The monoisotopic (exact) mass is 224 g/mol. The molecule has 86 valence electrons. The Morgan fingerprint density at radius 1 is 1.62 bits per heavy atom. The van der Waals surface area contributed by atoms with Gasteiger partial charge in [-0.1, -0.05) is 0 Å². The predicted octanol–water partition coefficient (Wildman–Crippen LogP) is 0.646. The first-order valence-corrected chi connectivity index (χ1v) is 5.11. The minimum atomic E-state index is -0.724. The largest absolute Gasteiger partial charge is 0.352 e. The molecule has 1 amide bonds. The van der Waals surface area contributed by atoms with Gasteiger partial charge >= 0.3 is 0 Å². The van der Waals surface area contributed by atoms with E-state index < -0.39 is 11.7 Å². The van der Waals surface area contributed by atoms with Gasteiger partial charge in [0, 0.05) is 12.7 Å². The number of hydrogen-bond acceptors (Lipinski definition) is 4. The number of nitrogen functional groups attached to an aromatic ring is 1. The number of rotatable bonds is 4. The minimum absolute atomic E-state index is 0.0383. The third-order valence-electron chi connectivity index (χ3n) is 2.52. The fourth-order valence-electron chi connectivity index (χ4n) is 1.37. The normalized spacial score (nSPS) is 14.6. The number of nitrogens with two attached hydrogens (primary N) is 1. The van der Waals surface area contributed by atoms with Crippen LogP contribution in [-0.2, 0) is 0 Å². The van der Waals surface area contributed by atoms with E-state index in [1.165, 1.54) is 12.3 Å². The van der Waals surface area contributed by atoms with Gasteiger partial charge in [0.2, 0.25) is 0 Å². The molecule has 1 aromatic rings. The molecule has 0 bridgehead atoms. The molecule has 0 spiro atoms. The molecule has 0 unspecified atom stereocenters. The molecule has 1 heterocycles. The van der Waals surface area contributed by atoms with Crippen molar-refractivity contribution in [1.29, 1.82) is 0 Å². The van der Waals surface area contributed by atoms with Crippen LogP contribution < -0.4 is 16.6 Å². The second-order valence-electron chi connectivity index (χ2n) is 3.82. The summed E-state index contributed by atoms with van der Waals surface area (Å²) < 4.78 is 13.6. The van der Waals surface area contributed by atoms with Crippen molar-refractivity contribution in [2.45, 2.75) is 12.8 Å². The Hall–Kier alpha value is -1.69. The van der Waals surface area contributed by atoms with Gasteiger partial charge in [0.15, 0.2) is 11.6 Å². The first kappa shape index (κ1) is 10.8. The van der Waals surface area contributed by atoms with Gasteiger partial charge in [-0.2, -0.15) is 0 Å². The molecule has 0 atom stereocenters. The Labute approximate surface area is 92.2 Å². The molecular weight excluding hydrogens is 211 g/mol. The molecule has 16 heavy (non-hydrogen) atoms. The summed E-state index contributed by atoms with van der Waals surface area (Å²) in [5, 5.41) is 2.68. The van der Waals surface area contributed by atoms with Crippen molar-refractivity contribution in [1.82, 2.24) is 10.3 Å². The zero-order chi connectivity index (χ0) is 11.5. The van der Waals surface area contributed by atoms with Crippen LogP contribution in [0.5, 0.6) is 0 Å². The molecule has 0 radical (unpaired) electrons. The van der Waals surface area contributed by atoms with Gasteiger partial charge in [0.05, 0.1) is 5.56 Å². The van der Waals surface area contributed by atoms with Crippen molar-refractivity contribution < 1.29 is 9.18 Å². The van der Waals surface area contributed by atoms with E-state index in [2.05, 4.69) is 15.7 Å². The molecule has 1 fully saturated rings. The molecule has 6 heteroatoms. The van der Waals surface area contributed by atoms with Crippen molar-refractivity contribution >= 4 is 11.7 Å².